The predicted octanol–water partition coefficient (Wildman–Crippen LogP) is 1.60. The molecule has 0 aromatic carbocycles. The topological polar surface area (TPSA) is 67.5 Å². The summed E-state index contributed by atoms with van der Waals surface area (Å²) < 4.78 is 29.2. The van der Waals surface area contributed by atoms with E-state index in [4.69, 9.17) is 4.42 Å². The van der Waals surface area contributed by atoms with E-state index in [1.807, 2.05) is 0 Å². The fourth-order valence-corrected chi connectivity index (χ4v) is 5.76. The van der Waals surface area contributed by atoms with E-state index in [2.05, 4.69) is 0 Å². The first-order valence-corrected chi connectivity index (χ1v) is 7.61. The van der Waals surface area contributed by atoms with Gasteiger partial charge in [0.2, 0.25) is 0 Å². The molecule has 2 atom stereocenters. The lowest BCUT2D eigenvalue weighted by molar-refractivity contribution is 0.00452. The van der Waals surface area contributed by atoms with Crippen molar-refractivity contribution in [1.29, 1.82) is 0 Å². The van der Waals surface area contributed by atoms with Gasteiger partial charge in [0.1, 0.15) is 0 Å². The second kappa shape index (κ2) is 3.59. The van der Waals surface area contributed by atoms with Crippen molar-refractivity contribution in [3.8, 4) is 0 Å². The molecule has 0 radical (unpaired) electrons. The molecule has 4 nitrogen and oxygen atoms in total. The van der Waals surface area contributed by atoms with E-state index in [0.717, 1.165) is 6.42 Å². The second-order valence-corrected chi connectivity index (χ2v) is 7.73. The molecule has 5 heteroatoms. The van der Waals surface area contributed by atoms with Crippen molar-refractivity contribution < 1.29 is 17.9 Å². The van der Waals surface area contributed by atoms with Gasteiger partial charge in [0.25, 0.3) is 0 Å². The van der Waals surface area contributed by atoms with Gasteiger partial charge in [0.15, 0.2) is 9.84 Å². The quantitative estimate of drug-likeness (QED) is 0.828. The Bertz CT molecular complexity index is 483. The standard InChI is InChI=1S/C12H16O4S/c13-12(9-4-5-16-8-9)6-10-2-1-3-11(7-12)17(10,14)15/h4-5,8,10-11,13H,1-3,6-7H2. The number of sulfone groups is 1. The van der Waals surface area contributed by atoms with Crippen LogP contribution >= 0.6 is 0 Å². The summed E-state index contributed by atoms with van der Waals surface area (Å²) in [5.74, 6) is 0. The van der Waals surface area contributed by atoms with Crippen molar-refractivity contribution in [2.45, 2.75) is 48.2 Å². The van der Waals surface area contributed by atoms with Gasteiger partial charge < -0.3 is 9.52 Å². The van der Waals surface area contributed by atoms with Crippen LogP contribution in [0.15, 0.2) is 23.0 Å². The monoisotopic (exact) mass is 256 g/mol. The van der Waals surface area contributed by atoms with Crippen molar-refractivity contribution in [2.24, 2.45) is 0 Å². The Morgan fingerprint density at radius 2 is 1.94 bits per heavy atom. The minimum atomic E-state index is -3.02. The zero-order valence-electron chi connectivity index (χ0n) is 9.50. The molecule has 94 valence electrons. The van der Waals surface area contributed by atoms with Crippen molar-refractivity contribution in [1.82, 2.24) is 0 Å². The zero-order valence-corrected chi connectivity index (χ0v) is 10.3. The molecule has 3 rings (SSSR count). The molecular formula is C12H16O4S. The van der Waals surface area contributed by atoms with Gasteiger partial charge in [0, 0.05) is 5.56 Å². The fourth-order valence-electron chi connectivity index (χ4n) is 3.21. The normalized spacial score (nSPS) is 40.1. The van der Waals surface area contributed by atoms with Gasteiger partial charge in [-0.05, 0) is 31.7 Å². The lowest BCUT2D eigenvalue weighted by atomic mass is 9.82. The third-order valence-electron chi connectivity index (χ3n) is 4.17. The molecule has 0 spiro atoms. The third-order valence-corrected chi connectivity index (χ3v) is 6.83. The van der Waals surface area contributed by atoms with E-state index >= 15 is 0 Å². The van der Waals surface area contributed by atoms with E-state index in [1.165, 1.54) is 12.5 Å². The number of hydrogen-bond donors (Lipinski definition) is 1. The van der Waals surface area contributed by atoms with Crippen molar-refractivity contribution in [3.05, 3.63) is 24.2 Å². The van der Waals surface area contributed by atoms with Gasteiger partial charge in [-0.2, -0.15) is 0 Å². The van der Waals surface area contributed by atoms with Gasteiger partial charge in [0.05, 0.1) is 28.6 Å². The van der Waals surface area contributed by atoms with Gasteiger partial charge in [-0.3, -0.25) is 0 Å². The summed E-state index contributed by atoms with van der Waals surface area (Å²) >= 11 is 0. The van der Waals surface area contributed by atoms with Gasteiger partial charge in [-0.1, -0.05) is 6.42 Å². The summed E-state index contributed by atoms with van der Waals surface area (Å²) in [6.45, 7) is 0. The SMILES string of the molecule is O=S1(=O)C2CCCC1CC(O)(c1ccoc1)C2. The second-order valence-electron chi connectivity index (χ2n) is 5.22. The van der Waals surface area contributed by atoms with Crippen LogP contribution in [-0.2, 0) is 15.4 Å². The highest BCUT2D eigenvalue weighted by molar-refractivity contribution is 7.92. The maximum absolute atomic E-state index is 12.1. The lowest BCUT2D eigenvalue weighted by Crippen LogP contribution is -2.50. The molecule has 0 amide bonds. The van der Waals surface area contributed by atoms with E-state index in [1.54, 1.807) is 6.07 Å². The highest BCUT2D eigenvalue weighted by Crippen LogP contribution is 2.46. The summed E-state index contributed by atoms with van der Waals surface area (Å²) in [6.07, 6.45) is 5.98. The van der Waals surface area contributed by atoms with Crippen LogP contribution in [0.3, 0.4) is 0 Å². The van der Waals surface area contributed by atoms with E-state index in [0.29, 0.717) is 31.2 Å². The maximum Gasteiger partial charge on any atom is 0.156 e. The minimum absolute atomic E-state index is 0.311. The Labute approximate surface area is 101 Å². The van der Waals surface area contributed by atoms with Crippen molar-refractivity contribution >= 4 is 9.84 Å². The number of hydrogen-bond acceptors (Lipinski definition) is 4. The summed E-state index contributed by atoms with van der Waals surface area (Å²) in [4.78, 5) is 0. The molecular weight excluding hydrogens is 240 g/mol. The zero-order chi connectivity index (χ0) is 12.1. The van der Waals surface area contributed by atoms with Crippen LogP contribution in [0.5, 0.6) is 0 Å². The minimum Gasteiger partial charge on any atom is -0.472 e. The summed E-state index contributed by atoms with van der Waals surface area (Å²) in [5, 5.41) is 9.89. The maximum atomic E-state index is 12.1. The van der Waals surface area contributed by atoms with Gasteiger partial charge in [-0.25, -0.2) is 8.42 Å². The van der Waals surface area contributed by atoms with Crippen LogP contribution in [0.25, 0.3) is 0 Å². The molecule has 0 saturated carbocycles. The van der Waals surface area contributed by atoms with Crippen LogP contribution in [0.4, 0.5) is 0 Å². The Morgan fingerprint density at radius 3 is 2.47 bits per heavy atom. The molecule has 0 aliphatic carbocycles. The molecule has 2 unspecified atom stereocenters. The van der Waals surface area contributed by atoms with Gasteiger partial charge in [-0.15, -0.1) is 0 Å². The fraction of sp³-hybridized carbons (Fsp3) is 0.667. The van der Waals surface area contributed by atoms with Crippen molar-refractivity contribution in [3.63, 3.8) is 0 Å². The summed E-state index contributed by atoms with van der Waals surface area (Å²) in [7, 11) is -3.02. The molecule has 1 aromatic heterocycles. The molecule has 1 N–H and O–H groups in total. The van der Waals surface area contributed by atoms with Crippen LogP contribution < -0.4 is 0 Å². The number of aliphatic hydroxyl groups is 1. The Kier molecular flexibility index (Phi) is 2.38. The van der Waals surface area contributed by atoms with E-state index < -0.39 is 15.4 Å². The van der Waals surface area contributed by atoms with E-state index in [9.17, 15) is 13.5 Å². The molecule has 2 saturated heterocycles. The highest BCUT2D eigenvalue weighted by atomic mass is 32.2. The first-order chi connectivity index (χ1) is 8.02. The first-order valence-electron chi connectivity index (χ1n) is 6.00. The Balaban J connectivity index is 1.98. The molecule has 2 aliphatic rings. The molecule has 2 bridgehead atoms. The highest BCUT2D eigenvalue weighted by Gasteiger charge is 2.51. The molecule has 3 heterocycles. The van der Waals surface area contributed by atoms with Crippen LogP contribution in [0, 0.1) is 0 Å². The smallest absolute Gasteiger partial charge is 0.156 e. The Hall–Kier alpha value is -0.810. The molecule has 1 aromatic rings. The largest absolute Gasteiger partial charge is 0.472 e. The average molecular weight is 256 g/mol. The molecule has 17 heavy (non-hydrogen) atoms. The third kappa shape index (κ3) is 1.64. The van der Waals surface area contributed by atoms with Crippen LogP contribution in [-0.4, -0.2) is 24.0 Å². The number of furan rings is 1. The van der Waals surface area contributed by atoms with Gasteiger partial charge >= 0.3 is 0 Å². The van der Waals surface area contributed by atoms with Crippen LogP contribution in [0.2, 0.25) is 0 Å². The van der Waals surface area contributed by atoms with Crippen LogP contribution in [0.1, 0.15) is 37.7 Å². The summed E-state index contributed by atoms with van der Waals surface area (Å²) in [6, 6.07) is 1.73. The number of fused-ring (bicyclic) bond motifs is 2. The lowest BCUT2D eigenvalue weighted by Gasteiger charge is -2.43. The predicted molar refractivity (Wildman–Crippen MR) is 62.2 cm³/mol. The average Bonchev–Trinajstić information content (AvgIpc) is 2.74. The van der Waals surface area contributed by atoms with Crippen molar-refractivity contribution in [2.75, 3.05) is 0 Å². The molecule has 2 aliphatic heterocycles. The first kappa shape index (κ1) is 11.3. The Morgan fingerprint density at radius 1 is 1.29 bits per heavy atom. The van der Waals surface area contributed by atoms with E-state index in [-0.39, 0.29) is 10.5 Å². The number of rotatable bonds is 1. The summed E-state index contributed by atoms with van der Waals surface area (Å²) in [5.41, 5.74) is -0.307. The molecule has 2 fully saturated rings.